The van der Waals surface area contributed by atoms with Crippen molar-refractivity contribution in [1.29, 1.82) is 0 Å². The van der Waals surface area contributed by atoms with E-state index in [-0.39, 0.29) is 11.5 Å². The minimum Gasteiger partial charge on any atom is -0.348 e. The van der Waals surface area contributed by atoms with Gasteiger partial charge in [-0.2, -0.15) is 5.10 Å². The molecule has 1 amide bonds. The predicted molar refractivity (Wildman–Crippen MR) is 107 cm³/mol. The molecule has 0 atom stereocenters. The van der Waals surface area contributed by atoms with Gasteiger partial charge in [-0.1, -0.05) is 24.3 Å². The second-order valence-corrected chi connectivity index (χ2v) is 6.64. The van der Waals surface area contributed by atoms with E-state index < -0.39 is 0 Å². The van der Waals surface area contributed by atoms with Crippen LogP contribution in [-0.4, -0.2) is 25.7 Å². The number of H-pyrrole nitrogens is 1. The van der Waals surface area contributed by atoms with E-state index in [2.05, 4.69) is 20.4 Å². The number of hydrogen-bond acceptors (Lipinski definition) is 4. The number of amides is 1. The van der Waals surface area contributed by atoms with Crippen LogP contribution in [0.25, 0.3) is 16.7 Å². The lowest BCUT2D eigenvalue weighted by atomic mass is 10.1. The van der Waals surface area contributed by atoms with Crippen molar-refractivity contribution in [2.24, 2.45) is 0 Å². The molecule has 28 heavy (non-hydrogen) atoms. The van der Waals surface area contributed by atoms with Crippen molar-refractivity contribution in [1.82, 2.24) is 25.1 Å². The highest BCUT2D eigenvalue weighted by atomic mass is 16.2. The van der Waals surface area contributed by atoms with Crippen LogP contribution in [0.4, 0.5) is 0 Å². The first-order chi connectivity index (χ1) is 13.5. The molecule has 1 aromatic carbocycles. The Morgan fingerprint density at radius 2 is 1.96 bits per heavy atom. The zero-order chi connectivity index (χ0) is 19.7. The van der Waals surface area contributed by atoms with Crippen molar-refractivity contribution in [2.45, 2.75) is 20.4 Å². The summed E-state index contributed by atoms with van der Waals surface area (Å²) in [6.45, 7) is 4.22. The van der Waals surface area contributed by atoms with Gasteiger partial charge in [0, 0.05) is 35.4 Å². The average Bonchev–Trinajstić information content (AvgIpc) is 3.04. The molecule has 0 unspecified atom stereocenters. The minimum absolute atomic E-state index is 0.301. The van der Waals surface area contributed by atoms with Crippen molar-refractivity contribution in [3.8, 4) is 5.82 Å². The molecule has 7 heteroatoms. The number of rotatable bonds is 4. The second kappa shape index (κ2) is 7.11. The molecular weight excluding hydrogens is 354 g/mol. The number of carbonyl (C=O) groups excluding carboxylic acids is 1. The highest BCUT2D eigenvalue weighted by Gasteiger charge is 2.12. The topological polar surface area (TPSA) is 92.7 Å². The van der Waals surface area contributed by atoms with E-state index >= 15 is 0 Å². The number of para-hydroxylation sites is 1. The number of aromatic amines is 1. The van der Waals surface area contributed by atoms with Gasteiger partial charge in [0.25, 0.3) is 5.91 Å². The number of fused-ring (bicyclic) bond motifs is 1. The number of hydrogen-bond donors (Lipinski definition) is 2. The standard InChI is InChI=1S/C21H19N5O2/c1-13-9-14(2)26(25-13)19-8-7-15(11-22-19)12-23-21(28)17-10-20(27)24-18-6-4-3-5-16(17)18/h3-11H,12H2,1-2H3,(H,23,28)(H,24,27). The molecule has 2 N–H and O–H groups in total. The number of nitrogens with zero attached hydrogens (tertiary/aromatic N) is 3. The van der Waals surface area contributed by atoms with Crippen molar-refractivity contribution in [3.63, 3.8) is 0 Å². The van der Waals surface area contributed by atoms with Crippen LogP contribution in [0.1, 0.15) is 27.3 Å². The maximum Gasteiger partial charge on any atom is 0.252 e. The predicted octanol–water partition coefficient (Wildman–Crippen LogP) is 2.66. The summed E-state index contributed by atoms with van der Waals surface area (Å²) in [5.74, 6) is 0.422. The molecule has 0 bridgehead atoms. The summed E-state index contributed by atoms with van der Waals surface area (Å²) in [6.07, 6.45) is 1.71. The van der Waals surface area contributed by atoms with Gasteiger partial charge >= 0.3 is 0 Å². The third-order valence-corrected chi connectivity index (χ3v) is 4.48. The summed E-state index contributed by atoms with van der Waals surface area (Å²) in [7, 11) is 0. The Morgan fingerprint density at radius 3 is 2.68 bits per heavy atom. The third kappa shape index (κ3) is 3.42. The normalized spacial score (nSPS) is 10.9. The summed E-state index contributed by atoms with van der Waals surface area (Å²) >= 11 is 0. The van der Waals surface area contributed by atoms with Gasteiger partial charge in [-0.05, 0) is 37.6 Å². The van der Waals surface area contributed by atoms with Crippen LogP contribution < -0.4 is 10.9 Å². The Bertz CT molecular complexity index is 1220. The van der Waals surface area contributed by atoms with Crippen LogP contribution in [0.15, 0.2) is 59.5 Å². The average molecular weight is 373 g/mol. The van der Waals surface area contributed by atoms with E-state index in [1.807, 2.05) is 50.2 Å². The van der Waals surface area contributed by atoms with E-state index in [4.69, 9.17) is 0 Å². The fraction of sp³-hybridized carbons (Fsp3) is 0.143. The molecule has 0 saturated carbocycles. The fourth-order valence-electron chi connectivity index (χ4n) is 3.18. The van der Waals surface area contributed by atoms with E-state index in [9.17, 15) is 9.59 Å². The first kappa shape index (κ1) is 17.7. The summed E-state index contributed by atoms with van der Waals surface area (Å²) in [5.41, 5.74) is 3.48. The van der Waals surface area contributed by atoms with Crippen LogP contribution in [0.2, 0.25) is 0 Å². The Hall–Kier alpha value is -3.74. The maximum atomic E-state index is 12.6. The van der Waals surface area contributed by atoms with Crippen LogP contribution in [-0.2, 0) is 6.54 Å². The van der Waals surface area contributed by atoms with E-state index in [1.54, 1.807) is 16.9 Å². The van der Waals surface area contributed by atoms with Gasteiger partial charge < -0.3 is 10.3 Å². The largest absolute Gasteiger partial charge is 0.348 e. The van der Waals surface area contributed by atoms with Gasteiger partial charge in [0.15, 0.2) is 5.82 Å². The highest BCUT2D eigenvalue weighted by molar-refractivity contribution is 6.05. The van der Waals surface area contributed by atoms with E-state index in [0.29, 0.717) is 23.0 Å². The first-order valence-electron chi connectivity index (χ1n) is 8.90. The smallest absolute Gasteiger partial charge is 0.252 e. The fourth-order valence-corrected chi connectivity index (χ4v) is 3.18. The Kier molecular flexibility index (Phi) is 4.49. The molecular formula is C21H19N5O2. The van der Waals surface area contributed by atoms with Gasteiger partial charge in [-0.3, -0.25) is 9.59 Å². The maximum absolute atomic E-state index is 12.6. The molecule has 4 aromatic rings. The Balaban J connectivity index is 1.51. The minimum atomic E-state index is -0.306. The number of benzene rings is 1. The summed E-state index contributed by atoms with van der Waals surface area (Å²) < 4.78 is 1.78. The lowest BCUT2D eigenvalue weighted by molar-refractivity contribution is 0.0952. The third-order valence-electron chi connectivity index (χ3n) is 4.48. The van der Waals surface area contributed by atoms with Gasteiger partial charge in [-0.25, -0.2) is 9.67 Å². The molecule has 4 rings (SSSR count). The zero-order valence-corrected chi connectivity index (χ0v) is 15.6. The van der Waals surface area contributed by atoms with Gasteiger partial charge in [0.05, 0.1) is 11.3 Å². The van der Waals surface area contributed by atoms with Crippen LogP contribution >= 0.6 is 0 Å². The van der Waals surface area contributed by atoms with Crippen LogP contribution in [0.3, 0.4) is 0 Å². The molecule has 7 nitrogen and oxygen atoms in total. The molecule has 3 heterocycles. The van der Waals surface area contributed by atoms with E-state index in [0.717, 1.165) is 22.8 Å². The molecule has 0 aliphatic rings. The molecule has 140 valence electrons. The summed E-state index contributed by atoms with van der Waals surface area (Å²) in [4.78, 5) is 31.6. The van der Waals surface area contributed by atoms with Gasteiger partial charge in [-0.15, -0.1) is 0 Å². The van der Waals surface area contributed by atoms with Crippen molar-refractivity contribution >= 4 is 16.8 Å². The van der Waals surface area contributed by atoms with Gasteiger partial charge in [0.1, 0.15) is 0 Å². The number of nitrogens with one attached hydrogen (secondary N) is 2. The number of aromatic nitrogens is 4. The molecule has 0 spiro atoms. The second-order valence-electron chi connectivity index (χ2n) is 6.64. The number of pyridine rings is 2. The number of aryl methyl sites for hydroxylation is 2. The highest BCUT2D eigenvalue weighted by Crippen LogP contribution is 2.15. The quantitative estimate of drug-likeness (QED) is 0.575. The molecule has 0 aliphatic carbocycles. The zero-order valence-electron chi connectivity index (χ0n) is 15.6. The first-order valence-corrected chi connectivity index (χ1v) is 8.90. The Morgan fingerprint density at radius 1 is 1.14 bits per heavy atom. The molecule has 0 fully saturated rings. The van der Waals surface area contributed by atoms with Crippen molar-refractivity contribution in [2.75, 3.05) is 0 Å². The Labute approximate surface area is 161 Å². The number of carbonyl (C=O) groups is 1. The molecule has 3 aromatic heterocycles. The van der Waals surface area contributed by atoms with Crippen LogP contribution in [0.5, 0.6) is 0 Å². The molecule has 0 saturated heterocycles. The lowest BCUT2D eigenvalue weighted by Crippen LogP contribution is -2.25. The molecule has 0 radical (unpaired) electrons. The van der Waals surface area contributed by atoms with Gasteiger partial charge in [0.2, 0.25) is 5.56 Å². The summed E-state index contributed by atoms with van der Waals surface area (Å²) in [5, 5.41) is 7.97. The van der Waals surface area contributed by atoms with Crippen molar-refractivity contribution < 1.29 is 4.79 Å². The molecule has 0 aliphatic heterocycles. The monoisotopic (exact) mass is 373 g/mol. The SMILES string of the molecule is Cc1cc(C)n(-c2ccc(CNC(=O)c3cc(=O)[nH]c4ccccc34)cn2)n1. The lowest BCUT2D eigenvalue weighted by Gasteiger charge is -2.09. The summed E-state index contributed by atoms with van der Waals surface area (Å²) in [6, 6.07) is 14.3. The van der Waals surface area contributed by atoms with E-state index in [1.165, 1.54) is 6.07 Å². The van der Waals surface area contributed by atoms with Crippen LogP contribution in [0, 0.1) is 13.8 Å². The van der Waals surface area contributed by atoms with Crippen molar-refractivity contribution in [3.05, 3.63) is 87.6 Å².